The summed E-state index contributed by atoms with van der Waals surface area (Å²) < 4.78 is 31.2. The Kier molecular flexibility index (Phi) is 14.5. The summed E-state index contributed by atoms with van der Waals surface area (Å²) in [5.41, 5.74) is 7.71. The molecule has 0 aromatic heterocycles. The van der Waals surface area contributed by atoms with E-state index in [9.17, 15) is 18.5 Å². The second-order valence-corrected chi connectivity index (χ2v) is 16.9. The Morgan fingerprint density at radius 3 is 2.25 bits per heavy atom. The number of phosphoric ester groups is 1. The highest BCUT2D eigenvalue weighted by Gasteiger charge is 2.42. The molecule has 2 amide bonds. The van der Waals surface area contributed by atoms with Crippen molar-refractivity contribution in [2.75, 3.05) is 30.4 Å². The van der Waals surface area contributed by atoms with Crippen LogP contribution >= 0.6 is 7.82 Å². The maximum Gasteiger partial charge on any atom is 0.524 e. The van der Waals surface area contributed by atoms with Crippen LogP contribution in [0.5, 0.6) is 5.75 Å². The molecular formula is C45H57FN4O6P+. The smallest absolute Gasteiger partial charge is 0.404 e. The molecule has 0 bridgehead atoms. The van der Waals surface area contributed by atoms with E-state index in [4.69, 9.17) is 9.79 Å². The van der Waals surface area contributed by atoms with Crippen molar-refractivity contribution in [1.29, 1.82) is 0 Å². The van der Waals surface area contributed by atoms with Gasteiger partial charge >= 0.3 is 7.82 Å². The van der Waals surface area contributed by atoms with Crippen LogP contribution in [0.1, 0.15) is 95.8 Å². The number of alkyl halides is 1. The van der Waals surface area contributed by atoms with Gasteiger partial charge < -0.3 is 20.1 Å². The number of para-hydroxylation sites is 2. The number of benzene rings is 3. The first-order chi connectivity index (χ1) is 27.1. The predicted molar refractivity (Wildman–Crippen MR) is 226 cm³/mol. The Morgan fingerprint density at radius 1 is 0.842 bits per heavy atom. The number of carbonyl (C=O) groups excluding carboxylic acids is 2. The molecule has 2 aliphatic rings. The molecule has 0 fully saturated rings. The largest absolute Gasteiger partial charge is 0.524 e. The van der Waals surface area contributed by atoms with E-state index in [2.05, 4.69) is 138 Å². The van der Waals surface area contributed by atoms with Crippen LogP contribution in [0.2, 0.25) is 0 Å². The van der Waals surface area contributed by atoms with Crippen molar-refractivity contribution in [1.82, 2.24) is 5.32 Å². The molecule has 2 aliphatic heterocycles. The molecule has 4 N–H and O–H groups in total. The Bertz CT molecular complexity index is 2100. The molecule has 0 atom stereocenters. The molecule has 0 saturated carbocycles. The first-order valence-electron chi connectivity index (χ1n) is 19.8. The number of halogens is 1. The van der Waals surface area contributed by atoms with Crippen molar-refractivity contribution in [2.45, 2.75) is 96.6 Å². The molecule has 10 nitrogen and oxygen atoms in total. The van der Waals surface area contributed by atoms with Crippen LogP contribution in [-0.2, 0) is 31.7 Å². The summed E-state index contributed by atoms with van der Waals surface area (Å²) in [6.07, 6.45) is 16.4. The first kappa shape index (κ1) is 43.3. The number of hydrogen-bond donors (Lipinski definition) is 4. The highest BCUT2D eigenvalue weighted by Crippen LogP contribution is 2.48. The molecule has 304 valence electrons. The van der Waals surface area contributed by atoms with Gasteiger partial charge in [0.05, 0.1) is 5.41 Å². The summed E-state index contributed by atoms with van der Waals surface area (Å²) in [4.78, 5) is 45.3. The van der Waals surface area contributed by atoms with Crippen molar-refractivity contribution in [3.63, 3.8) is 0 Å². The summed E-state index contributed by atoms with van der Waals surface area (Å²) in [6.45, 7) is 9.51. The molecule has 3 aromatic rings. The fraction of sp³-hybridized carbons (Fsp3) is 0.400. The minimum absolute atomic E-state index is 0.0308. The molecule has 57 heavy (non-hydrogen) atoms. The normalized spacial score (nSPS) is 16.4. The average molecular weight is 800 g/mol. The summed E-state index contributed by atoms with van der Waals surface area (Å²) in [6, 6.07) is 21.1. The highest BCUT2D eigenvalue weighted by atomic mass is 31.2. The van der Waals surface area contributed by atoms with E-state index in [1.54, 1.807) is 0 Å². The van der Waals surface area contributed by atoms with Crippen LogP contribution in [0.3, 0.4) is 0 Å². The van der Waals surface area contributed by atoms with Crippen LogP contribution in [-0.4, -0.2) is 52.0 Å². The number of anilines is 2. The zero-order valence-electron chi connectivity index (χ0n) is 33.8. The minimum atomic E-state index is -4.83. The Hall–Kier alpha value is -4.83. The lowest BCUT2D eigenvalue weighted by molar-refractivity contribution is -0.401. The fourth-order valence-electron chi connectivity index (χ4n) is 7.88. The van der Waals surface area contributed by atoms with Crippen molar-refractivity contribution in [3.05, 3.63) is 119 Å². The van der Waals surface area contributed by atoms with E-state index in [0.717, 1.165) is 38.6 Å². The number of phosphoric acid groups is 1. The number of unbranched alkanes of at least 4 members (excludes halogenated alkanes) is 4. The second-order valence-electron chi connectivity index (χ2n) is 15.7. The van der Waals surface area contributed by atoms with Gasteiger partial charge in [-0.3, -0.25) is 19.4 Å². The maximum absolute atomic E-state index is 13.3. The van der Waals surface area contributed by atoms with Gasteiger partial charge in [0.15, 0.2) is 5.71 Å². The van der Waals surface area contributed by atoms with Gasteiger partial charge in [0, 0.05) is 71.7 Å². The van der Waals surface area contributed by atoms with Gasteiger partial charge in [-0.1, -0.05) is 81.3 Å². The van der Waals surface area contributed by atoms with E-state index in [1.807, 2.05) is 0 Å². The summed E-state index contributed by atoms with van der Waals surface area (Å²) in [5.74, 6) is -0.507. The van der Waals surface area contributed by atoms with Crippen molar-refractivity contribution >= 4 is 42.4 Å². The Morgan fingerprint density at radius 2 is 1.53 bits per heavy atom. The zero-order chi connectivity index (χ0) is 41.2. The minimum Gasteiger partial charge on any atom is -0.404 e. The topological polar surface area (TPSA) is 131 Å². The zero-order valence-corrected chi connectivity index (χ0v) is 34.7. The second kappa shape index (κ2) is 19.1. The molecule has 2 heterocycles. The lowest BCUT2D eigenvalue weighted by Gasteiger charge is -2.27. The summed E-state index contributed by atoms with van der Waals surface area (Å²) >= 11 is 0. The molecule has 5 rings (SSSR count). The number of fused-ring (bicyclic) bond motifs is 2. The molecular weight excluding hydrogens is 742 g/mol. The Labute approximate surface area is 336 Å². The molecule has 0 spiro atoms. The van der Waals surface area contributed by atoms with Gasteiger partial charge in [-0.05, 0) is 75.4 Å². The number of nitrogens with one attached hydrogen (secondary N) is 2. The third kappa shape index (κ3) is 11.0. The van der Waals surface area contributed by atoms with Crippen molar-refractivity contribution in [3.8, 4) is 5.75 Å². The van der Waals surface area contributed by atoms with Gasteiger partial charge in [-0.15, -0.1) is 0 Å². The third-order valence-corrected chi connectivity index (χ3v) is 11.3. The standard InChI is InChI=1S/C45H56FN4O6P/c1-44(2)35-19-13-15-21-37(35)49(5)40(44)23-9-6-10-24-41-45(3,4)36-20-14-16-22-38(36)50(41)30-18-8-12-25-42(51)47-29-17-7-11-26-43(52)48-34-27-28-39(33(31-34)32-46)56-57(53,54)55/h6,9-10,13-16,19-24,27-28,31H,7-8,11-12,17-18,25-26,29-30,32H2,1-5H3,(H3-,47,48,51,52,53,54,55)/p+1. The molecule has 0 aliphatic carbocycles. The molecule has 0 radical (unpaired) electrons. The lowest BCUT2D eigenvalue weighted by Crippen LogP contribution is -2.27. The number of carbonyl (C=O) groups is 2. The van der Waals surface area contributed by atoms with Gasteiger partial charge in [0.1, 0.15) is 19.5 Å². The number of allylic oxidation sites excluding steroid dienone is 6. The maximum atomic E-state index is 13.3. The number of rotatable bonds is 19. The number of nitrogens with zero attached hydrogens (tertiary/aromatic N) is 2. The highest BCUT2D eigenvalue weighted by molar-refractivity contribution is 7.46. The van der Waals surface area contributed by atoms with Crippen LogP contribution in [0.15, 0.2) is 103 Å². The first-order valence-corrected chi connectivity index (χ1v) is 21.3. The molecule has 0 saturated heterocycles. The van der Waals surface area contributed by atoms with E-state index >= 15 is 0 Å². The summed E-state index contributed by atoms with van der Waals surface area (Å²) in [7, 11) is -2.70. The van der Waals surface area contributed by atoms with Gasteiger partial charge in [-0.2, -0.15) is 4.58 Å². The SMILES string of the molecule is C[N+]1=C(C=CC=CC=C2N(CCCCCC(=O)NCCCCCC(=O)Nc3ccc(OP(=O)(O)O)c(CF)c3)c3ccccc3C2(C)C)C(C)(C)c2ccccc21. The quantitative estimate of drug-likeness (QED) is 0.0412. The number of hydrogen-bond acceptors (Lipinski definition) is 5. The molecule has 12 heteroatoms. The van der Waals surface area contributed by atoms with Crippen LogP contribution in [0.25, 0.3) is 0 Å². The van der Waals surface area contributed by atoms with Gasteiger partial charge in [0.25, 0.3) is 0 Å². The van der Waals surface area contributed by atoms with Crippen molar-refractivity contribution in [2.24, 2.45) is 0 Å². The molecule has 3 aromatic carbocycles. The van der Waals surface area contributed by atoms with E-state index in [0.29, 0.717) is 25.1 Å². The van der Waals surface area contributed by atoms with Crippen LogP contribution in [0, 0.1) is 0 Å². The van der Waals surface area contributed by atoms with Crippen molar-refractivity contribution < 1.29 is 37.4 Å². The molecule has 0 unspecified atom stereocenters. The lowest BCUT2D eigenvalue weighted by atomic mass is 9.81. The monoisotopic (exact) mass is 799 g/mol. The Balaban J connectivity index is 1.02. The average Bonchev–Trinajstić information content (AvgIpc) is 3.50. The fourth-order valence-corrected chi connectivity index (χ4v) is 8.31. The van der Waals surface area contributed by atoms with Gasteiger partial charge in [0.2, 0.25) is 17.5 Å². The number of amides is 2. The van der Waals surface area contributed by atoms with Gasteiger partial charge in [-0.25, -0.2) is 8.96 Å². The predicted octanol–water partition coefficient (Wildman–Crippen LogP) is 9.30. The van der Waals surface area contributed by atoms with E-state index in [1.165, 1.54) is 52.1 Å². The van der Waals surface area contributed by atoms with E-state index in [-0.39, 0.29) is 40.4 Å². The van der Waals surface area contributed by atoms with Crippen LogP contribution in [0.4, 0.5) is 21.5 Å². The summed E-state index contributed by atoms with van der Waals surface area (Å²) in [5, 5.41) is 5.66. The third-order valence-electron chi connectivity index (χ3n) is 10.9. The van der Waals surface area contributed by atoms with E-state index < -0.39 is 14.5 Å². The van der Waals surface area contributed by atoms with Crippen LogP contribution < -0.4 is 20.1 Å².